The van der Waals surface area contributed by atoms with Crippen LogP contribution in [0.5, 0.6) is 0 Å². The smallest absolute Gasteiger partial charge is 0.337 e. The van der Waals surface area contributed by atoms with Crippen molar-refractivity contribution >= 4 is 11.9 Å². The third-order valence-corrected chi connectivity index (χ3v) is 2.61. The lowest BCUT2D eigenvalue weighted by atomic mass is 9.98. The van der Waals surface area contributed by atoms with Gasteiger partial charge in [-0.3, -0.25) is 0 Å². The quantitative estimate of drug-likeness (QED) is 0.400. The first kappa shape index (κ1) is 18.6. The van der Waals surface area contributed by atoms with Crippen LogP contribution in [-0.4, -0.2) is 35.9 Å². The summed E-state index contributed by atoms with van der Waals surface area (Å²) in [5.74, 6) is -1.32. The summed E-state index contributed by atoms with van der Waals surface area (Å²) in [4.78, 5) is 23.5. The van der Waals surface area contributed by atoms with Crippen LogP contribution in [0.4, 0.5) is 0 Å². The lowest BCUT2D eigenvalue weighted by Crippen LogP contribution is -2.30. The maximum atomic E-state index is 11.9. The highest BCUT2D eigenvalue weighted by Gasteiger charge is 2.28. The maximum Gasteiger partial charge on any atom is 0.337 e. The molecule has 0 unspecified atom stereocenters. The third-order valence-electron chi connectivity index (χ3n) is 2.61. The lowest BCUT2D eigenvalue weighted by Gasteiger charge is -2.20. The molecule has 0 amide bonds. The number of carbonyl (C=O) groups is 2. The van der Waals surface area contributed by atoms with E-state index < -0.39 is 17.5 Å². The molecule has 5 heteroatoms. The van der Waals surface area contributed by atoms with Gasteiger partial charge in [-0.2, -0.15) is 0 Å². The molecule has 0 saturated carbocycles. The topological polar surface area (TPSA) is 72.8 Å². The molecule has 0 radical (unpaired) electrons. The van der Waals surface area contributed by atoms with Crippen LogP contribution in [0.3, 0.4) is 0 Å². The fraction of sp³-hybridized carbons (Fsp3) is 0.733. The Bertz CT molecular complexity index is 339. The van der Waals surface area contributed by atoms with Crippen LogP contribution in [-0.2, 0) is 19.1 Å². The van der Waals surface area contributed by atoms with E-state index in [1.54, 1.807) is 0 Å². The van der Waals surface area contributed by atoms with E-state index in [4.69, 9.17) is 9.47 Å². The summed E-state index contributed by atoms with van der Waals surface area (Å²) in [5, 5.41) is 9.95. The van der Waals surface area contributed by atoms with Crippen LogP contribution in [0.1, 0.15) is 53.4 Å². The summed E-state index contributed by atoms with van der Waals surface area (Å²) in [7, 11) is 0. The number of hydrogen-bond donors (Lipinski definition) is 1. The molecule has 0 fully saturated rings. The normalized spacial score (nSPS) is 12.2. The molecule has 116 valence electrons. The lowest BCUT2D eigenvalue weighted by molar-refractivity contribution is -0.143. The molecule has 0 saturated heterocycles. The maximum absolute atomic E-state index is 11.9. The van der Waals surface area contributed by atoms with E-state index in [-0.39, 0.29) is 12.2 Å². The summed E-state index contributed by atoms with van der Waals surface area (Å²) in [5.41, 5.74) is -1.54. The van der Waals surface area contributed by atoms with Crippen molar-refractivity contribution in [3.8, 4) is 0 Å². The molecule has 0 aliphatic rings. The second-order valence-electron chi connectivity index (χ2n) is 5.13. The Kier molecular flexibility index (Phi) is 8.88. The van der Waals surface area contributed by atoms with E-state index in [2.05, 4.69) is 0 Å². The molecule has 0 rings (SSSR count). The van der Waals surface area contributed by atoms with Crippen molar-refractivity contribution in [3.05, 3.63) is 11.6 Å². The summed E-state index contributed by atoms with van der Waals surface area (Å²) in [6.45, 7) is 7.39. The van der Waals surface area contributed by atoms with Crippen molar-refractivity contribution in [1.29, 1.82) is 0 Å². The van der Waals surface area contributed by atoms with Crippen LogP contribution in [0.25, 0.3) is 0 Å². The minimum absolute atomic E-state index is 0.0879. The van der Waals surface area contributed by atoms with Gasteiger partial charge in [0.15, 0.2) is 0 Å². The van der Waals surface area contributed by atoms with Gasteiger partial charge in [-0.1, -0.05) is 26.7 Å². The molecule has 0 atom stereocenters. The molecular formula is C15H26O5. The molecule has 0 spiro atoms. The Labute approximate surface area is 121 Å². The zero-order valence-corrected chi connectivity index (χ0v) is 12.9. The second-order valence-corrected chi connectivity index (χ2v) is 5.13. The minimum atomic E-state index is -1.45. The number of unbranched alkanes of at least 4 members (excludes halogenated alkanes) is 2. The van der Waals surface area contributed by atoms with E-state index in [1.807, 2.05) is 13.8 Å². The zero-order chi connectivity index (χ0) is 15.6. The van der Waals surface area contributed by atoms with Crippen molar-refractivity contribution in [3.63, 3.8) is 0 Å². The Hall–Kier alpha value is -1.36. The molecule has 1 N–H and O–H groups in total. The predicted octanol–water partition coefficient (Wildman–Crippen LogP) is 2.37. The molecule has 0 aromatic carbocycles. The van der Waals surface area contributed by atoms with Crippen molar-refractivity contribution in [1.82, 2.24) is 0 Å². The number of rotatable bonds is 9. The van der Waals surface area contributed by atoms with Gasteiger partial charge in [0.2, 0.25) is 0 Å². The van der Waals surface area contributed by atoms with E-state index in [9.17, 15) is 14.7 Å². The number of hydrogen-bond acceptors (Lipinski definition) is 5. The number of carbonyl (C=O) groups excluding carboxylic acids is 2. The number of esters is 2. The molecule has 5 nitrogen and oxygen atoms in total. The summed E-state index contributed by atoms with van der Waals surface area (Å²) in [6.07, 6.45) is 4.33. The molecule has 0 aromatic rings. The largest absolute Gasteiger partial charge is 0.463 e. The van der Waals surface area contributed by atoms with Crippen LogP contribution >= 0.6 is 0 Å². The predicted molar refractivity (Wildman–Crippen MR) is 76.1 cm³/mol. The molecule has 0 aromatic heterocycles. The van der Waals surface area contributed by atoms with Crippen LogP contribution in [0.2, 0.25) is 0 Å². The van der Waals surface area contributed by atoms with Crippen LogP contribution < -0.4 is 0 Å². The van der Waals surface area contributed by atoms with Crippen LogP contribution in [0, 0.1) is 0 Å². The van der Waals surface area contributed by atoms with Gasteiger partial charge in [0.25, 0.3) is 0 Å². The van der Waals surface area contributed by atoms with Gasteiger partial charge in [0, 0.05) is 6.08 Å². The van der Waals surface area contributed by atoms with Gasteiger partial charge < -0.3 is 14.6 Å². The monoisotopic (exact) mass is 286 g/mol. The van der Waals surface area contributed by atoms with Crippen molar-refractivity contribution in [2.75, 3.05) is 13.2 Å². The van der Waals surface area contributed by atoms with E-state index >= 15 is 0 Å². The van der Waals surface area contributed by atoms with Gasteiger partial charge in [0.05, 0.1) is 24.4 Å². The van der Waals surface area contributed by atoms with E-state index in [1.165, 1.54) is 13.8 Å². The van der Waals surface area contributed by atoms with Gasteiger partial charge in [-0.15, -0.1) is 0 Å². The summed E-state index contributed by atoms with van der Waals surface area (Å²) in [6, 6.07) is 0. The Balaban J connectivity index is 4.71. The highest BCUT2D eigenvalue weighted by molar-refractivity contribution is 5.97. The molecule has 0 bridgehead atoms. The van der Waals surface area contributed by atoms with Gasteiger partial charge in [-0.25, -0.2) is 9.59 Å². The highest BCUT2D eigenvalue weighted by Crippen LogP contribution is 2.17. The zero-order valence-electron chi connectivity index (χ0n) is 12.9. The van der Waals surface area contributed by atoms with Crippen molar-refractivity contribution in [2.24, 2.45) is 0 Å². The number of ether oxygens (including phenoxy) is 2. The highest BCUT2D eigenvalue weighted by atomic mass is 16.5. The standard InChI is InChI=1S/C15H26O5/c1-5-7-9-19-13(16)11-12(15(3,4)18)14(17)20-10-8-6-2/h11,18H,5-10H2,1-4H3/b12-11+. The van der Waals surface area contributed by atoms with E-state index in [0.29, 0.717) is 6.61 Å². The SMILES string of the molecule is CCCCOC(=O)/C=C(\C(=O)OCCCC)C(C)(C)O. The Morgan fingerprint density at radius 1 is 1.05 bits per heavy atom. The van der Waals surface area contributed by atoms with Gasteiger partial charge >= 0.3 is 11.9 Å². The fourth-order valence-electron chi connectivity index (χ4n) is 1.35. The molecule has 0 aliphatic carbocycles. The van der Waals surface area contributed by atoms with Gasteiger partial charge in [-0.05, 0) is 26.7 Å². The molecule has 20 heavy (non-hydrogen) atoms. The average Bonchev–Trinajstić information content (AvgIpc) is 2.35. The first-order valence-electron chi connectivity index (χ1n) is 7.11. The summed E-state index contributed by atoms with van der Waals surface area (Å²) >= 11 is 0. The van der Waals surface area contributed by atoms with Crippen LogP contribution in [0.15, 0.2) is 11.6 Å². The van der Waals surface area contributed by atoms with Gasteiger partial charge in [0.1, 0.15) is 0 Å². The first-order chi connectivity index (χ1) is 9.32. The molecule has 0 aliphatic heterocycles. The third kappa shape index (κ3) is 7.94. The second kappa shape index (κ2) is 9.53. The number of aliphatic hydroxyl groups is 1. The van der Waals surface area contributed by atoms with Crippen molar-refractivity contribution in [2.45, 2.75) is 59.0 Å². The fourth-order valence-corrected chi connectivity index (χ4v) is 1.35. The van der Waals surface area contributed by atoms with E-state index in [0.717, 1.165) is 31.8 Å². The average molecular weight is 286 g/mol. The molecule has 0 heterocycles. The minimum Gasteiger partial charge on any atom is -0.463 e. The first-order valence-corrected chi connectivity index (χ1v) is 7.11. The Morgan fingerprint density at radius 3 is 2.00 bits per heavy atom. The Morgan fingerprint density at radius 2 is 1.55 bits per heavy atom. The summed E-state index contributed by atoms with van der Waals surface area (Å²) < 4.78 is 9.97. The van der Waals surface area contributed by atoms with Crippen molar-refractivity contribution < 1.29 is 24.2 Å². The molecular weight excluding hydrogens is 260 g/mol.